The third-order valence-corrected chi connectivity index (χ3v) is 3.89. The zero-order valence-electron chi connectivity index (χ0n) is 11.6. The molecule has 0 atom stereocenters. The molecule has 2 aromatic rings. The summed E-state index contributed by atoms with van der Waals surface area (Å²) in [7, 11) is 0. The van der Waals surface area contributed by atoms with E-state index in [-0.39, 0.29) is 5.56 Å². The largest absolute Gasteiger partial charge is 0.478 e. The molecule has 6 heteroatoms. The van der Waals surface area contributed by atoms with E-state index >= 15 is 0 Å². The number of nitrogens with zero attached hydrogens (tertiary/aromatic N) is 3. The van der Waals surface area contributed by atoms with E-state index < -0.39 is 5.97 Å². The van der Waals surface area contributed by atoms with Gasteiger partial charge in [0.05, 0.1) is 17.3 Å². The zero-order valence-corrected chi connectivity index (χ0v) is 12.4. The van der Waals surface area contributed by atoms with Gasteiger partial charge in [-0.15, -0.1) is 11.8 Å². The first-order valence-corrected chi connectivity index (χ1v) is 7.20. The van der Waals surface area contributed by atoms with Gasteiger partial charge in [-0.3, -0.25) is 0 Å². The van der Waals surface area contributed by atoms with E-state index in [1.165, 1.54) is 11.8 Å². The van der Waals surface area contributed by atoms with Crippen molar-refractivity contribution >= 4 is 17.7 Å². The third-order valence-electron chi connectivity index (χ3n) is 2.84. The summed E-state index contributed by atoms with van der Waals surface area (Å²) in [5.74, 6) is 0.122. The van der Waals surface area contributed by atoms with Gasteiger partial charge in [0.15, 0.2) is 0 Å². The van der Waals surface area contributed by atoms with Crippen molar-refractivity contribution in [3.63, 3.8) is 0 Å². The number of hydrogen-bond donors (Lipinski definition) is 1. The highest BCUT2D eigenvalue weighted by Crippen LogP contribution is 2.26. The van der Waals surface area contributed by atoms with Crippen molar-refractivity contribution in [3.8, 4) is 6.07 Å². The van der Waals surface area contributed by atoms with Crippen LogP contribution < -0.4 is 0 Å². The van der Waals surface area contributed by atoms with Crippen LogP contribution in [0.15, 0.2) is 29.3 Å². The van der Waals surface area contributed by atoms with E-state index in [9.17, 15) is 9.90 Å². The summed E-state index contributed by atoms with van der Waals surface area (Å²) in [6, 6.07) is 9.25. The average Bonchev–Trinajstić information content (AvgIpc) is 2.44. The van der Waals surface area contributed by atoms with Gasteiger partial charge in [0.1, 0.15) is 16.4 Å². The van der Waals surface area contributed by atoms with Gasteiger partial charge in [0.25, 0.3) is 0 Å². The molecule has 1 N–H and O–H groups in total. The fraction of sp³-hybridized carbons (Fsp3) is 0.200. The molecule has 0 saturated heterocycles. The molecule has 0 aliphatic rings. The predicted octanol–water partition coefficient (Wildman–Crippen LogP) is 2.96. The Bertz CT molecular complexity index is 721. The number of aryl methyl sites for hydroxylation is 2. The second-order valence-corrected chi connectivity index (χ2v) is 5.40. The van der Waals surface area contributed by atoms with Crippen LogP contribution in [0.1, 0.15) is 33.0 Å². The van der Waals surface area contributed by atoms with Gasteiger partial charge in [-0.05, 0) is 31.5 Å². The van der Waals surface area contributed by atoms with Crippen molar-refractivity contribution in [2.45, 2.75) is 24.6 Å². The minimum absolute atomic E-state index is 0.152. The molecular formula is C15H13N3O2S. The van der Waals surface area contributed by atoms with Crippen LogP contribution in [0.25, 0.3) is 0 Å². The molecule has 0 aliphatic carbocycles. The maximum absolute atomic E-state index is 11.3. The summed E-state index contributed by atoms with van der Waals surface area (Å²) in [5.41, 5.74) is 2.23. The highest BCUT2D eigenvalue weighted by Gasteiger charge is 2.17. The van der Waals surface area contributed by atoms with Crippen LogP contribution >= 0.6 is 11.8 Å². The number of benzene rings is 1. The molecule has 0 unspecified atom stereocenters. The van der Waals surface area contributed by atoms with Crippen LogP contribution in [0.2, 0.25) is 0 Å². The Labute approximate surface area is 126 Å². The standard InChI is InChI=1S/C15H13N3O2S/c1-9-13(15(19)20)14(18-10(2)17-9)21-8-12-5-3-11(7-16)4-6-12/h3-6H,8H2,1-2H3,(H,19,20). The first-order valence-electron chi connectivity index (χ1n) is 6.21. The minimum atomic E-state index is -1.02. The highest BCUT2D eigenvalue weighted by molar-refractivity contribution is 7.98. The number of nitriles is 1. The minimum Gasteiger partial charge on any atom is -0.478 e. The first kappa shape index (κ1) is 15.0. The fourth-order valence-electron chi connectivity index (χ4n) is 1.86. The van der Waals surface area contributed by atoms with Gasteiger partial charge in [0, 0.05) is 5.75 Å². The van der Waals surface area contributed by atoms with Crippen molar-refractivity contribution in [1.82, 2.24) is 9.97 Å². The Morgan fingerprint density at radius 1 is 1.29 bits per heavy atom. The Hall–Kier alpha value is -2.39. The van der Waals surface area contributed by atoms with Crippen LogP contribution in [-0.2, 0) is 5.75 Å². The second kappa shape index (κ2) is 6.37. The summed E-state index contributed by atoms with van der Waals surface area (Å²) < 4.78 is 0. The monoisotopic (exact) mass is 299 g/mol. The molecule has 0 bridgehead atoms. The third kappa shape index (κ3) is 3.58. The smallest absolute Gasteiger partial charge is 0.340 e. The van der Waals surface area contributed by atoms with E-state index in [1.807, 2.05) is 12.1 Å². The lowest BCUT2D eigenvalue weighted by Gasteiger charge is -2.08. The SMILES string of the molecule is Cc1nc(C)c(C(=O)O)c(SCc2ccc(C#N)cc2)n1. The lowest BCUT2D eigenvalue weighted by molar-refractivity contribution is 0.0690. The first-order chi connectivity index (χ1) is 10.0. The Morgan fingerprint density at radius 2 is 1.95 bits per heavy atom. The van der Waals surface area contributed by atoms with Crippen LogP contribution in [-0.4, -0.2) is 21.0 Å². The number of carboxylic acids is 1. The average molecular weight is 299 g/mol. The number of rotatable bonds is 4. The Morgan fingerprint density at radius 3 is 2.52 bits per heavy atom. The summed E-state index contributed by atoms with van der Waals surface area (Å²) in [4.78, 5) is 19.6. The van der Waals surface area contributed by atoms with Crippen molar-refractivity contribution in [2.24, 2.45) is 0 Å². The van der Waals surface area contributed by atoms with Crippen LogP contribution in [0.5, 0.6) is 0 Å². The summed E-state index contributed by atoms with van der Waals surface area (Å²) in [6.45, 7) is 3.41. The molecule has 1 aromatic carbocycles. The van der Waals surface area contributed by atoms with E-state index in [0.29, 0.717) is 27.9 Å². The van der Waals surface area contributed by atoms with Gasteiger partial charge in [-0.25, -0.2) is 14.8 Å². The highest BCUT2D eigenvalue weighted by atomic mass is 32.2. The van der Waals surface area contributed by atoms with Crippen molar-refractivity contribution < 1.29 is 9.90 Å². The maximum Gasteiger partial charge on any atom is 0.340 e. The van der Waals surface area contributed by atoms with Gasteiger partial charge >= 0.3 is 5.97 Å². The molecule has 1 heterocycles. The second-order valence-electron chi connectivity index (χ2n) is 4.44. The molecule has 21 heavy (non-hydrogen) atoms. The number of thioether (sulfide) groups is 1. The Kier molecular flexibility index (Phi) is 4.55. The lowest BCUT2D eigenvalue weighted by atomic mass is 10.2. The van der Waals surface area contributed by atoms with E-state index in [0.717, 1.165) is 5.56 Å². The van der Waals surface area contributed by atoms with Gasteiger partial charge in [0.2, 0.25) is 0 Å². The van der Waals surface area contributed by atoms with E-state index in [2.05, 4.69) is 16.0 Å². The molecule has 0 radical (unpaired) electrons. The molecule has 0 fully saturated rings. The quantitative estimate of drug-likeness (QED) is 0.690. The fourth-order valence-corrected chi connectivity index (χ4v) is 2.93. The number of carboxylic acid groups (broad SMARTS) is 1. The molecule has 0 saturated carbocycles. The van der Waals surface area contributed by atoms with Gasteiger partial charge in [-0.1, -0.05) is 12.1 Å². The number of aromatic nitrogens is 2. The molecule has 1 aromatic heterocycles. The van der Waals surface area contributed by atoms with Crippen LogP contribution in [0.3, 0.4) is 0 Å². The Balaban J connectivity index is 2.23. The molecule has 2 rings (SSSR count). The number of hydrogen-bond acceptors (Lipinski definition) is 5. The predicted molar refractivity (Wildman–Crippen MR) is 79.2 cm³/mol. The van der Waals surface area contributed by atoms with Crippen molar-refractivity contribution in [2.75, 3.05) is 0 Å². The van der Waals surface area contributed by atoms with Crippen molar-refractivity contribution in [1.29, 1.82) is 5.26 Å². The summed E-state index contributed by atoms with van der Waals surface area (Å²) >= 11 is 1.36. The van der Waals surface area contributed by atoms with Crippen LogP contribution in [0, 0.1) is 25.2 Å². The van der Waals surface area contributed by atoms with Gasteiger partial charge in [-0.2, -0.15) is 5.26 Å². The molecule has 0 aliphatic heterocycles. The summed E-state index contributed by atoms with van der Waals surface area (Å²) in [6.07, 6.45) is 0. The van der Waals surface area contributed by atoms with Crippen molar-refractivity contribution in [3.05, 3.63) is 52.5 Å². The maximum atomic E-state index is 11.3. The summed E-state index contributed by atoms with van der Waals surface area (Å²) in [5, 5.41) is 18.5. The normalized spacial score (nSPS) is 10.1. The lowest BCUT2D eigenvalue weighted by Crippen LogP contribution is -2.08. The van der Waals surface area contributed by atoms with Crippen LogP contribution in [0.4, 0.5) is 0 Å². The molecular weight excluding hydrogens is 286 g/mol. The molecule has 0 amide bonds. The van der Waals surface area contributed by atoms with E-state index in [4.69, 9.17) is 5.26 Å². The molecule has 106 valence electrons. The number of aromatic carboxylic acids is 1. The van der Waals surface area contributed by atoms with E-state index in [1.54, 1.807) is 26.0 Å². The van der Waals surface area contributed by atoms with Gasteiger partial charge < -0.3 is 5.11 Å². The molecule has 0 spiro atoms. The topological polar surface area (TPSA) is 86.9 Å². The number of carbonyl (C=O) groups is 1. The molecule has 5 nitrogen and oxygen atoms in total. The zero-order chi connectivity index (χ0) is 15.4.